The fourth-order valence-electron chi connectivity index (χ4n) is 1.33. The second kappa shape index (κ2) is 5.70. The molecule has 4 heteroatoms. The van der Waals surface area contributed by atoms with Gasteiger partial charge in [-0.2, -0.15) is 0 Å². The van der Waals surface area contributed by atoms with E-state index in [9.17, 15) is 0 Å². The number of hydrogen-bond donors (Lipinski definition) is 1. The van der Waals surface area contributed by atoms with Crippen LogP contribution in [-0.2, 0) is 13.0 Å². The summed E-state index contributed by atoms with van der Waals surface area (Å²) in [6.07, 6.45) is 6.11. The Hall–Kier alpha value is -0.900. The van der Waals surface area contributed by atoms with Crippen molar-refractivity contribution in [3.63, 3.8) is 0 Å². The standard InChI is InChI=1S/C9H18N4/c1-2-7-13-8-11-12-9(13)5-3-4-6-10/h8H,2-7,10H2,1H3. The minimum absolute atomic E-state index is 0.766. The first-order valence-electron chi connectivity index (χ1n) is 4.95. The summed E-state index contributed by atoms with van der Waals surface area (Å²) >= 11 is 0. The number of hydrogen-bond acceptors (Lipinski definition) is 3. The Balaban J connectivity index is 2.40. The van der Waals surface area contributed by atoms with Crippen molar-refractivity contribution >= 4 is 0 Å². The normalized spacial score (nSPS) is 10.6. The summed E-state index contributed by atoms with van der Waals surface area (Å²) in [5.74, 6) is 1.09. The van der Waals surface area contributed by atoms with E-state index in [0.717, 1.165) is 44.6 Å². The lowest BCUT2D eigenvalue weighted by Gasteiger charge is -2.03. The maximum atomic E-state index is 5.42. The highest BCUT2D eigenvalue weighted by atomic mass is 15.3. The van der Waals surface area contributed by atoms with Gasteiger partial charge in [-0.1, -0.05) is 6.92 Å². The molecular weight excluding hydrogens is 164 g/mol. The second-order valence-electron chi connectivity index (χ2n) is 3.19. The Morgan fingerprint density at radius 2 is 2.31 bits per heavy atom. The van der Waals surface area contributed by atoms with Crippen LogP contribution in [0.1, 0.15) is 32.0 Å². The van der Waals surface area contributed by atoms with E-state index in [1.165, 1.54) is 0 Å². The van der Waals surface area contributed by atoms with Crippen LogP contribution in [0, 0.1) is 0 Å². The summed E-state index contributed by atoms with van der Waals surface area (Å²) < 4.78 is 2.12. The molecule has 13 heavy (non-hydrogen) atoms. The average molecular weight is 182 g/mol. The molecule has 74 valence electrons. The molecule has 0 amide bonds. The van der Waals surface area contributed by atoms with Crippen LogP contribution < -0.4 is 5.73 Å². The molecule has 0 bridgehead atoms. The molecule has 0 saturated heterocycles. The molecule has 0 aliphatic rings. The number of rotatable bonds is 6. The molecule has 1 aromatic heterocycles. The lowest BCUT2D eigenvalue weighted by molar-refractivity contribution is 0.614. The maximum absolute atomic E-state index is 5.42. The molecule has 0 spiro atoms. The van der Waals surface area contributed by atoms with Crippen molar-refractivity contribution in [3.05, 3.63) is 12.2 Å². The fourth-order valence-corrected chi connectivity index (χ4v) is 1.33. The largest absolute Gasteiger partial charge is 0.330 e. The van der Waals surface area contributed by atoms with Crippen molar-refractivity contribution < 1.29 is 0 Å². The van der Waals surface area contributed by atoms with E-state index in [2.05, 4.69) is 21.7 Å². The number of nitrogens with two attached hydrogens (primary N) is 1. The van der Waals surface area contributed by atoms with Gasteiger partial charge >= 0.3 is 0 Å². The monoisotopic (exact) mass is 182 g/mol. The van der Waals surface area contributed by atoms with E-state index in [1.807, 2.05) is 0 Å². The lowest BCUT2D eigenvalue weighted by Crippen LogP contribution is -2.04. The molecule has 0 saturated carbocycles. The molecule has 0 aromatic carbocycles. The van der Waals surface area contributed by atoms with Gasteiger partial charge in [0.05, 0.1) is 0 Å². The molecule has 1 heterocycles. The first-order chi connectivity index (χ1) is 6.38. The molecule has 1 aromatic rings. The first-order valence-corrected chi connectivity index (χ1v) is 4.95. The molecule has 4 nitrogen and oxygen atoms in total. The summed E-state index contributed by atoms with van der Waals surface area (Å²) in [6, 6.07) is 0. The highest BCUT2D eigenvalue weighted by Gasteiger charge is 2.01. The van der Waals surface area contributed by atoms with Crippen LogP contribution in [0.4, 0.5) is 0 Å². The first kappa shape index (κ1) is 10.2. The van der Waals surface area contributed by atoms with Crippen molar-refractivity contribution in [2.45, 2.75) is 39.2 Å². The molecular formula is C9H18N4. The minimum Gasteiger partial charge on any atom is -0.330 e. The number of aryl methyl sites for hydroxylation is 2. The zero-order valence-corrected chi connectivity index (χ0v) is 8.24. The Bertz CT molecular complexity index is 231. The summed E-state index contributed by atoms with van der Waals surface area (Å²) in [6.45, 7) is 3.94. The highest BCUT2D eigenvalue weighted by molar-refractivity contribution is 4.85. The molecule has 0 radical (unpaired) electrons. The van der Waals surface area contributed by atoms with Crippen molar-refractivity contribution in [1.29, 1.82) is 0 Å². The Morgan fingerprint density at radius 1 is 1.46 bits per heavy atom. The zero-order valence-electron chi connectivity index (χ0n) is 8.24. The number of nitrogens with zero attached hydrogens (tertiary/aromatic N) is 3. The van der Waals surface area contributed by atoms with Gasteiger partial charge < -0.3 is 10.3 Å². The predicted molar refractivity (Wildman–Crippen MR) is 52.3 cm³/mol. The van der Waals surface area contributed by atoms with Gasteiger partial charge in [0.15, 0.2) is 0 Å². The average Bonchev–Trinajstić information content (AvgIpc) is 2.54. The predicted octanol–water partition coefficient (Wildman–Crippen LogP) is 0.970. The van der Waals surface area contributed by atoms with E-state index in [4.69, 9.17) is 5.73 Å². The Kier molecular flexibility index (Phi) is 4.46. The lowest BCUT2D eigenvalue weighted by atomic mass is 10.2. The maximum Gasteiger partial charge on any atom is 0.132 e. The molecule has 1 rings (SSSR count). The quantitative estimate of drug-likeness (QED) is 0.667. The van der Waals surface area contributed by atoms with Crippen LogP contribution in [0.15, 0.2) is 6.33 Å². The molecule has 0 atom stereocenters. The Labute approximate surface area is 79.2 Å². The smallest absolute Gasteiger partial charge is 0.132 e. The van der Waals surface area contributed by atoms with E-state index in [-0.39, 0.29) is 0 Å². The third-order valence-corrected chi connectivity index (χ3v) is 2.01. The van der Waals surface area contributed by atoms with Gasteiger partial charge in [-0.25, -0.2) is 0 Å². The fraction of sp³-hybridized carbons (Fsp3) is 0.778. The second-order valence-corrected chi connectivity index (χ2v) is 3.19. The molecule has 0 unspecified atom stereocenters. The SMILES string of the molecule is CCCn1cnnc1CCCCN. The van der Waals surface area contributed by atoms with Gasteiger partial charge in [-0.05, 0) is 25.8 Å². The van der Waals surface area contributed by atoms with Gasteiger partial charge in [0.1, 0.15) is 12.2 Å². The van der Waals surface area contributed by atoms with Crippen LogP contribution in [-0.4, -0.2) is 21.3 Å². The Morgan fingerprint density at radius 3 is 3.00 bits per heavy atom. The van der Waals surface area contributed by atoms with Crippen molar-refractivity contribution in [2.24, 2.45) is 5.73 Å². The van der Waals surface area contributed by atoms with Crippen molar-refractivity contribution in [1.82, 2.24) is 14.8 Å². The zero-order chi connectivity index (χ0) is 9.52. The van der Waals surface area contributed by atoms with Crippen LogP contribution in [0.25, 0.3) is 0 Å². The molecule has 0 aliphatic carbocycles. The summed E-state index contributed by atoms with van der Waals surface area (Å²) in [4.78, 5) is 0. The highest BCUT2D eigenvalue weighted by Crippen LogP contribution is 2.02. The molecule has 0 fully saturated rings. The summed E-state index contributed by atoms with van der Waals surface area (Å²) in [5, 5.41) is 7.98. The van der Waals surface area contributed by atoms with Crippen molar-refractivity contribution in [3.8, 4) is 0 Å². The van der Waals surface area contributed by atoms with Crippen LogP contribution >= 0.6 is 0 Å². The van der Waals surface area contributed by atoms with Gasteiger partial charge in [0, 0.05) is 13.0 Å². The van der Waals surface area contributed by atoms with E-state index in [1.54, 1.807) is 6.33 Å². The van der Waals surface area contributed by atoms with Crippen molar-refractivity contribution in [2.75, 3.05) is 6.54 Å². The summed E-state index contributed by atoms with van der Waals surface area (Å²) in [5.41, 5.74) is 5.42. The van der Waals surface area contributed by atoms with Gasteiger partial charge in [0.2, 0.25) is 0 Å². The van der Waals surface area contributed by atoms with Crippen LogP contribution in [0.3, 0.4) is 0 Å². The van der Waals surface area contributed by atoms with E-state index in [0.29, 0.717) is 0 Å². The topological polar surface area (TPSA) is 56.7 Å². The number of unbranched alkanes of at least 4 members (excludes halogenated alkanes) is 1. The van der Waals surface area contributed by atoms with E-state index >= 15 is 0 Å². The third-order valence-electron chi connectivity index (χ3n) is 2.01. The van der Waals surface area contributed by atoms with Gasteiger partial charge in [0.25, 0.3) is 0 Å². The van der Waals surface area contributed by atoms with E-state index < -0.39 is 0 Å². The van der Waals surface area contributed by atoms with Crippen LogP contribution in [0.2, 0.25) is 0 Å². The van der Waals surface area contributed by atoms with Gasteiger partial charge in [-0.15, -0.1) is 10.2 Å². The molecule has 0 aliphatic heterocycles. The number of aromatic nitrogens is 3. The third kappa shape index (κ3) is 3.14. The minimum atomic E-state index is 0.766. The van der Waals surface area contributed by atoms with Crippen LogP contribution in [0.5, 0.6) is 0 Å². The summed E-state index contributed by atoms with van der Waals surface area (Å²) in [7, 11) is 0. The molecule has 2 N–H and O–H groups in total. The van der Waals surface area contributed by atoms with Gasteiger partial charge in [-0.3, -0.25) is 0 Å².